The van der Waals surface area contributed by atoms with Gasteiger partial charge in [0.2, 0.25) is 10.0 Å². The lowest BCUT2D eigenvalue weighted by atomic mass is 10.1. The molecule has 0 amide bonds. The Kier molecular flexibility index (Phi) is 4.31. The summed E-state index contributed by atoms with van der Waals surface area (Å²) in [5.41, 5.74) is 0.591. The summed E-state index contributed by atoms with van der Waals surface area (Å²) in [6.07, 6.45) is 3.56. The van der Waals surface area contributed by atoms with E-state index >= 15 is 0 Å². The van der Waals surface area contributed by atoms with E-state index in [1.54, 1.807) is 31.4 Å². The second-order valence-corrected chi connectivity index (χ2v) is 6.62. The fourth-order valence-electron chi connectivity index (χ4n) is 2.14. The van der Waals surface area contributed by atoms with E-state index in [0.29, 0.717) is 5.69 Å². The molecule has 0 unspecified atom stereocenters. The first-order valence-electron chi connectivity index (χ1n) is 6.16. The number of pyridine rings is 1. The van der Waals surface area contributed by atoms with Gasteiger partial charge in [-0.15, -0.1) is 0 Å². The van der Waals surface area contributed by atoms with E-state index in [2.05, 4.69) is 10.3 Å². The Morgan fingerprint density at radius 3 is 2.94 bits per heavy atom. The summed E-state index contributed by atoms with van der Waals surface area (Å²) in [7, 11) is -1.62. The third kappa shape index (κ3) is 3.28. The summed E-state index contributed by atoms with van der Waals surface area (Å²) >= 11 is 0. The van der Waals surface area contributed by atoms with E-state index in [0.717, 1.165) is 25.9 Å². The number of likely N-dealkylation sites (N-methyl/N-ethyl adjacent to an activating group) is 1. The van der Waals surface area contributed by atoms with E-state index in [-0.39, 0.29) is 11.8 Å². The Morgan fingerprint density at radius 1 is 1.50 bits per heavy atom. The minimum Gasteiger partial charge on any atom is -0.315 e. The van der Waals surface area contributed by atoms with Gasteiger partial charge in [-0.05, 0) is 31.5 Å². The van der Waals surface area contributed by atoms with Crippen LogP contribution in [0.3, 0.4) is 0 Å². The van der Waals surface area contributed by atoms with Gasteiger partial charge in [0.1, 0.15) is 5.75 Å². The highest BCUT2D eigenvalue weighted by Crippen LogP contribution is 2.15. The van der Waals surface area contributed by atoms with Crippen molar-refractivity contribution in [1.29, 1.82) is 0 Å². The largest absolute Gasteiger partial charge is 0.315 e. The van der Waals surface area contributed by atoms with Crippen molar-refractivity contribution in [2.75, 3.05) is 20.1 Å². The lowest BCUT2D eigenvalue weighted by molar-refractivity contribution is 0.299. The van der Waals surface area contributed by atoms with Crippen LogP contribution in [-0.2, 0) is 15.8 Å². The number of hydrogen-bond donors (Lipinski definition) is 1. The molecule has 0 aliphatic carbocycles. The average Bonchev–Trinajstić information content (AvgIpc) is 2.39. The van der Waals surface area contributed by atoms with E-state index in [1.807, 2.05) is 0 Å². The molecule has 18 heavy (non-hydrogen) atoms. The summed E-state index contributed by atoms with van der Waals surface area (Å²) in [5, 5.41) is 3.23. The molecule has 2 rings (SSSR count). The normalized spacial score (nSPS) is 21.1. The van der Waals surface area contributed by atoms with Crippen LogP contribution in [0, 0.1) is 0 Å². The zero-order valence-corrected chi connectivity index (χ0v) is 11.4. The molecule has 0 radical (unpaired) electrons. The molecule has 1 aliphatic rings. The fourth-order valence-corrected chi connectivity index (χ4v) is 3.53. The lowest BCUT2D eigenvalue weighted by Crippen LogP contribution is -2.46. The van der Waals surface area contributed by atoms with Crippen LogP contribution in [-0.4, -0.2) is 43.9 Å². The molecule has 5 nitrogen and oxygen atoms in total. The molecule has 100 valence electrons. The van der Waals surface area contributed by atoms with Crippen molar-refractivity contribution < 1.29 is 8.42 Å². The maximum atomic E-state index is 12.3. The van der Waals surface area contributed by atoms with E-state index in [4.69, 9.17) is 0 Å². The van der Waals surface area contributed by atoms with Crippen LogP contribution in [0.15, 0.2) is 24.4 Å². The van der Waals surface area contributed by atoms with Gasteiger partial charge in [-0.3, -0.25) is 4.98 Å². The number of hydrogen-bond acceptors (Lipinski definition) is 4. The maximum absolute atomic E-state index is 12.3. The summed E-state index contributed by atoms with van der Waals surface area (Å²) < 4.78 is 26.0. The van der Waals surface area contributed by atoms with Crippen LogP contribution < -0.4 is 5.32 Å². The molecule has 1 saturated heterocycles. The van der Waals surface area contributed by atoms with Gasteiger partial charge in [-0.2, -0.15) is 0 Å². The summed E-state index contributed by atoms with van der Waals surface area (Å²) in [5.74, 6) is -0.0269. The first-order valence-corrected chi connectivity index (χ1v) is 7.77. The third-order valence-corrected chi connectivity index (χ3v) is 5.12. The molecule has 1 N–H and O–H groups in total. The molecule has 1 aromatic rings. The van der Waals surface area contributed by atoms with Crippen LogP contribution in [0.1, 0.15) is 18.5 Å². The van der Waals surface area contributed by atoms with Crippen molar-refractivity contribution in [1.82, 2.24) is 14.6 Å². The van der Waals surface area contributed by atoms with Gasteiger partial charge in [0.05, 0.1) is 5.69 Å². The first-order chi connectivity index (χ1) is 8.59. The van der Waals surface area contributed by atoms with Gasteiger partial charge >= 0.3 is 0 Å². The van der Waals surface area contributed by atoms with Crippen LogP contribution in [0.25, 0.3) is 0 Å². The van der Waals surface area contributed by atoms with E-state index < -0.39 is 10.0 Å². The molecule has 0 saturated carbocycles. The first kappa shape index (κ1) is 13.5. The molecular weight excluding hydrogens is 250 g/mol. The Morgan fingerprint density at radius 2 is 2.33 bits per heavy atom. The molecule has 1 aliphatic heterocycles. The summed E-state index contributed by atoms with van der Waals surface area (Å²) in [6, 6.07) is 5.39. The molecule has 0 aromatic carbocycles. The number of rotatable bonds is 4. The van der Waals surface area contributed by atoms with Gasteiger partial charge in [0.15, 0.2) is 0 Å². The molecule has 1 aromatic heterocycles. The molecular formula is C12H19N3O2S. The molecule has 0 bridgehead atoms. The molecule has 1 atom stereocenters. The standard InChI is InChI=1S/C12H19N3O2S/c1-15(12-6-4-7-13-9-12)18(16,17)10-11-5-2-3-8-14-11/h2-3,5,8,12-13H,4,6-7,9-10H2,1H3/t12-/m0/s1. The summed E-state index contributed by atoms with van der Waals surface area (Å²) in [4.78, 5) is 4.07. The van der Waals surface area contributed by atoms with Crippen molar-refractivity contribution in [3.63, 3.8) is 0 Å². The number of piperidine rings is 1. The van der Waals surface area contributed by atoms with Crippen molar-refractivity contribution in [3.8, 4) is 0 Å². The molecule has 2 heterocycles. The Labute approximate surface area is 108 Å². The molecule has 6 heteroatoms. The van der Waals surface area contributed by atoms with E-state index in [1.165, 1.54) is 4.31 Å². The number of nitrogens with zero attached hydrogens (tertiary/aromatic N) is 2. The Hall–Kier alpha value is -0.980. The van der Waals surface area contributed by atoms with Crippen molar-refractivity contribution in [3.05, 3.63) is 30.1 Å². The van der Waals surface area contributed by atoms with Crippen molar-refractivity contribution >= 4 is 10.0 Å². The van der Waals surface area contributed by atoms with Crippen LogP contribution in [0.5, 0.6) is 0 Å². The topological polar surface area (TPSA) is 62.3 Å². The average molecular weight is 269 g/mol. The highest BCUT2D eigenvalue weighted by atomic mass is 32.2. The van der Waals surface area contributed by atoms with Gasteiger partial charge in [-0.25, -0.2) is 12.7 Å². The van der Waals surface area contributed by atoms with Gasteiger partial charge < -0.3 is 5.32 Å². The Balaban J connectivity index is 2.05. The fraction of sp³-hybridized carbons (Fsp3) is 0.583. The van der Waals surface area contributed by atoms with Crippen LogP contribution >= 0.6 is 0 Å². The van der Waals surface area contributed by atoms with Crippen molar-refractivity contribution in [2.24, 2.45) is 0 Å². The monoisotopic (exact) mass is 269 g/mol. The Bertz CT molecular complexity index is 469. The highest BCUT2D eigenvalue weighted by Gasteiger charge is 2.27. The van der Waals surface area contributed by atoms with Crippen LogP contribution in [0.2, 0.25) is 0 Å². The zero-order chi connectivity index (χ0) is 13.0. The van der Waals surface area contributed by atoms with Gasteiger partial charge in [0.25, 0.3) is 0 Å². The lowest BCUT2D eigenvalue weighted by Gasteiger charge is -2.30. The predicted molar refractivity (Wildman–Crippen MR) is 70.5 cm³/mol. The van der Waals surface area contributed by atoms with Crippen molar-refractivity contribution in [2.45, 2.75) is 24.6 Å². The second-order valence-electron chi connectivity index (χ2n) is 4.59. The zero-order valence-electron chi connectivity index (χ0n) is 10.5. The van der Waals surface area contributed by atoms with Gasteiger partial charge in [0, 0.05) is 25.8 Å². The number of nitrogens with one attached hydrogen (secondary N) is 1. The molecule has 0 spiro atoms. The number of aromatic nitrogens is 1. The summed E-state index contributed by atoms with van der Waals surface area (Å²) in [6.45, 7) is 1.71. The predicted octanol–water partition coefficient (Wildman–Crippen LogP) is 0.595. The third-order valence-electron chi connectivity index (χ3n) is 3.28. The maximum Gasteiger partial charge on any atom is 0.219 e. The minimum atomic E-state index is -3.28. The van der Waals surface area contributed by atoms with Gasteiger partial charge in [-0.1, -0.05) is 6.07 Å². The minimum absolute atomic E-state index is 0.0269. The highest BCUT2D eigenvalue weighted by molar-refractivity contribution is 7.88. The molecule has 1 fully saturated rings. The number of sulfonamides is 1. The van der Waals surface area contributed by atoms with Crippen LogP contribution in [0.4, 0.5) is 0 Å². The quantitative estimate of drug-likeness (QED) is 0.869. The second kappa shape index (κ2) is 5.77. The SMILES string of the molecule is CN([C@H]1CCCNC1)S(=O)(=O)Cc1ccccn1. The smallest absolute Gasteiger partial charge is 0.219 e. The van der Waals surface area contributed by atoms with E-state index in [9.17, 15) is 8.42 Å².